The van der Waals surface area contributed by atoms with Gasteiger partial charge in [0.15, 0.2) is 0 Å². The summed E-state index contributed by atoms with van der Waals surface area (Å²) in [6.45, 7) is 4.81. The summed E-state index contributed by atoms with van der Waals surface area (Å²) in [7, 11) is -0.749. The van der Waals surface area contributed by atoms with E-state index in [1.54, 1.807) is 23.4 Å². The first-order chi connectivity index (χ1) is 9.40. The van der Waals surface area contributed by atoms with Gasteiger partial charge in [-0.05, 0) is 44.6 Å². The zero-order valence-electron chi connectivity index (χ0n) is 12.3. The van der Waals surface area contributed by atoms with Gasteiger partial charge in [-0.2, -0.15) is 0 Å². The summed E-state index contributed by atoms with van der Waals surface area (Å²) in [4.78, 5) is 2.86. The molecule has 0 radical (unpaired) electrons. The summed E-state index contributed by atoms with van der Waals surface area (Å²) in [5, 5.41) is 9.91. The van der Waals surface area contributed by atoms with E-state index in [0.717, 1.165) is 10.5 Å². The molecule has 2 atom stereocenters. The molecule has 1 saturated heterocycles. The lowest BCUT2D eigenvalue weighted by molar-refractivity contribution is -0.0557. The van der Waals surface area contributed by atoms with E-state index in [-0.39, 0.29) is 6.10 Å². The van der Waals surface area contributed by atoms with Crippen LogP contribution in [0.2, 0.25) is 6.82 Å². The number of benzene rings is 1. The van der Waals surface area contributed by atoms with Gasteiger partial charge < -0.3 is 9.76 Å². The molecule has 0 saturated carbocycles. The van der Waals surface area contributed by atoms with E-state index in [1.807, 2.05) is 44.4 Å². The van der Waals surface area contributed by atoms with Crippen LogP contribution in [-0.2, 0) is 4.74 Å². The highest BCUT2D eigenvalue weighted by molar-refractivity contribution is 7.98. The van der Waals surface area contributed by atoms with Crippen molar-refractivity contribution in [2.75, 3.05) is 12.9 Å². The molecule has 6 heteroatoms. The predicted molar refractivity (Wildman–Crippen MR) is 81.6 cm³/mol. The lowest BCUT2D eigenvalue weighted by Crippen LogP contribution is -2.52. The zero-order valence-corrected chi connectivity index (χ0v) is 13.2. The van der Waals surface area contributed by atoms with Gasteiger partial charge in [0, 0.05) is 4.90 Å². The fourth-order valence-corrected chi connectivity index (χ4v) is 3.37. The fourth-order valence-electron chi connectivity index (χ4n) is 2.96. The van der Waals surface area contributed by atoms with Crippen molar-refractivity contribution in [2.45, 2.75) is 43.4 Å². The van der Waals surface area contributed by atoms with E-state index in [1.165, 1.54) is 0 Å². The number of hydrogen-bond donors (Lipinski definition) is 1. The first kappa shape index (κ1) is 15.8. The predicted octanol–water partition coefficient (Wildman–Crippen LogP) is 2.97. The zero-order chi connectivity index (χ0) is 14.9. The molecule has 1 aromatic carbocycles. The molecular weight excluding hydrogens is 276 g/mol. The summed E-state index contributed by atoms with van der Waals surface area (Å²) >= 11 is 1.67. The quantitative estimate of drug-likeness (QED) is 0.684. The molecule has 1 N–H and O–H groups in total. The SMILES string of the molecule is CSc1ccc([C@H]2OC(C)(C)N(B(C)O)[C@@H]2CF)cc1. The first-order valence-electron chi connectivity index (χ1n) is 6.75. The van der Waals surface area contributed by atoms with Crippen molar-refractivity contribution in [1.82, 2.24) is 4.81 Å². The molecule has 20 heavy (non-hydrogen) atoms. The van der Waals surface area contributed by atoms with E-state index in [0.29, 0.717) is 0 Å². The second-order valence-electron chi connectivity index (χ2n) is 5.52. The molecule has 1 fully saturated rings. The van der Waals surface area contributed by atoms with Crippen LogP contribution >= 0.6 is 11.8 Å². The Hall–Kier alpha value is -0.555. The average molecular weight is 297 g/mol. The molecular formula is C14H21BFNO2S. The maximum Gasteiger partial charge on any atom is 0.379 e. The minimum absolute atomic E-state index is 0.361. The van der Waals surface area contributed by atoms with Gasteiger partial charge in [0.25, 0.3) is 0 Å². The van der Waals surface area contributed by atoms with Crippen molar-refractivity contribution in [3.63, 3.8) is 0 Å². The molecule has 1 heterocycles. The Bertz CT molecular complexity index is 455. The molecule has 1 aliphatic heterocycles. The summed E-state index contributed by atoms with van der Waals surface area (Å²) in [6.07, 6.45) is 1.66. The molecule has 0 amide bonds. The van der Waals surface area contributed by atoms with Gasteiger partial charge in [0.2, 0.25) is 0 Å². The van der Waals surface area contributed by atoms with Crippen LogP contribution in [0.4, 0.5) is 4.39 Å². The van der Waals surface area contributed by atoms with Crippen molar-refractivity contribution >= 4 is 18.8 Å². The molecule has 1 aliphatic rings. The Morgan fingerprint density at radius 1 is 1.40 bits per heavy atom. The molecule has 0 bridgehead atoms. The number of nitrogens with zero attached hydrogens (tertiary/aromatic N) is 1. The lowest BCUT2D eigenvalue weighted by Gasteiger charge is -2.33. The summed E-state index contributed by atoms with van der Waals surface area (Å²) < 4.78 is 19.5. The van der Waals surface area contributed by atoms with Crippen molar-refractivity contribution in [3.8, 4) is 0 Å². The Morgan fingerprint density at radius 3 is 2.45 bits per heavy atom. The smallest absolute Gasteiger partial charge is 0.379 e. The van der Waals surface area contributed by atoms with Crippen LogP contribution in [0.25, 0.3) is 0 Å². The second-order valence-corrected chi connectivity index (χ2v) is 6.40. The van der Waals surface area contributed by atoms with Crippen LogP contribution in [0.15, 0.2) is 29.2 Å². The van der Waals surface area contributed by atoms with Crippen LogP contribution in [0, 0.1) is 0 Å². The maximum absolute atomic E-state index is 13.5. The van der Waals surface area contributed by atoms with Gasteiger partial charge in [-0.25, -0.2) is 4.39 Å². The minimum atomic E-state index is -0.749. The Labute approximate surface area is 124 Å². The highest BCUT2D eigenvalue weighted by Crippen LogP contribution is 2.41. The number of hydrogen-bond acceptors (Lipinski definition) is 4. The second kappa shape index (κ2) is 6.06. The Balaban J connectivity index is 2.31. The third kappa shape index (κ3) is 2.88. The fraction of sp³-hybridized carbons (Fsp3) is 0.571. The highest BCUT2D eigenvalue weighted by atomic mass is 32.2. The number of rotatable bonds is 4. The molecule has 1 aromatic rings. The van der Waals surface area contributed by atoms with E-state index >= 15 is 0 Å². The summed E-state index contributed by atoms with van der Waals surface area (Å²) in [5.74, 6) is 0. The highest BCUT2D eigenvalue weighted by Gasteiger charge is 2.50. The van der Waals surface area contributed by atoms with Crippen molar-refractivity contribution in [2.24, 2.45) is 0 Å². The number of alkyl halides is 1. The first-order valence-corrected chi connectivity index (χ1v) is 7.97. The Morgan fingerprint density at radius 2 is 2.00 bits per heavy atom. The molecule has 110 valence electrons. The van der Waals surface area contributed by atoms with E-state index in [2.05, 4.69) is 0 Å². The third-order valence-electron chi connectivity index (χ3n) is 3.75. The normalized spacial score (nSPS) is 25.9. The molecule has 0 aromatic heterocycles. The monoisotopic (exact) mass is 297 g/mol. The van der Waals surface area contributed by atoms with Crippen molar-refractivity contribution in [1.29, 1.82) is 0 Å². The van der Waals surface area contributed by atoms with Gasteiger partial charge in [0.05, 0.1) is 6.04 Å². The maximum atomic E-state index is 13.5. The van der Waals surface area contributed by atoms with Crippen LogP contribution in [-0.4, -0.2) is 41.6 Å². The van der Waals surface area contributed by atoms with Crippen molar-refractivity contribution < 1.29 is 14.2 Å². The van der Waals surface area contributed by atoms with Gasteiger partial charge in [-0.1, -0.05) is 12.1 Å². The van der Waals surface area contributed by atoms with E-state index in [4.69, 9.17) is 4.74 Å². The van der Waals surface area contributed by atoms with Crippen LogP contribution in [0.3, 0.4) is 0 Å². The summed E-state index contributed by atoms with van der Waals surface area (Å²) in [6, 6.07) is 7.50. The van der Waals surface area contributed by atoms with Gasteiger partial charge in [-0.3, -0.25) is 4.81 Å². The standard InChI is InChI=1S/C14H21BFNO2S/c1-14(2)17(15(3)18)12(9-16)13(19-14)10-5-7-11(20-4)8-6-10/h5-8,12-13,18H,9H2,1-4H3/t12-,13-/m1/s1. The van der Waals surface area contributed by atoms with Gasteiger partial charge >= 0.3 is 7.05 Å². The number of ether oxygens (including phenoxy) is 1. The average Bonchev–Trinajstić information content (AvgIpc) is 2.69. The van der Waals surface area contributed by atoms with Crippen LogP contribution in [0.1, 0.15) is 25.5 Å². The van der Waals surface area contributed by atoms with Crippen LogP contribution in [0.5, 0.6) is 0 Å². The summed E-state index contributed by atoms with van der Waals surface area (Å²) in [5.41, 5.74) is 0.259. The third-order valence-corrected chi connectivity index (χ3v) is 4.49. The van der Waals surface area contributed by atoms with Gasteiger partial charge in [-0.15, -0.1) is 11.8 Å². The molecule has 2 rings (SSSR count). The van der Waals surface area contributed by atoms with E-state index < -0.39 is 25.5 Å². The minimum Gasteiger partial charge on any atom is -0.437 e. The Kier molecular flexibility index (Phi) is 4.79. The lowest BCUT2D eigenvalue weighted by atomic mass is 9.80. The van der Waals surface area contributed by atoms with Crippen LogP contribution < -0.4 is 0 Å². The van der Waals surface area contributed by atoms with Gasteiger partial charge in [0.1, 0.15) is 18.5 Å². The number of halogens is 1. The van der Waals surface area contributed by atoms with E-state index in [9.17, 15) is 9.41 Å². The van der Waals surface area contributed by atoms with Crippen molar-refractivity contribution in [3.05, 3.63) is 29.8 Å². The number of thioether (sulfide) groups is 1. The molecule has 3 nitrogen and oxygen atoms in total. The topological polar surface area (TPSA) is 32.7 Å². The largest absolute Gasteiger partial charge is 0.437 e. The molecule has 0 aliphatic carbocycles. The molecule has 0 spiro atoms. The molecule has 0 unspecified atom stereocenters.